The molecule has 0 aromatic heterocycles. The Hall–Kier alpha value is -3.17. The molecule has 0 unspecified atom stereocenters. The topological polar surface area (TPSA) is 71.6 Å². The molecule has 2 aliphatic rings. The summed E-state index contributed by atoms with van der Waals surface area (Å²) in [5.41, 5.74) is 1.06. The summed E-state index contributed by atoms with van der Waals surface area (Å²) in [4.78, 5) is 30.9. The second kappa shape index (κ2) is 10.2. The van der Waals surface area contributed by atoms with Crippen LogP contribution in [0, 0.1) is 5.82 Å². The average molecular weight is 458 g/mol. The van der Waals surface area contributed by atoms with Crippen LogP contribution in [0.25, 0.3) is 0 Å². The SMILES string of the molecule is COC(=O)c1ccc(CN(C(=O)N2CCN(C3COC3)CC2)c2ccc(OC)cc2)c(F)c1. The van der Waals surface area contributed by atoms with Crippen molar-refractivity contribution in [2.24, 2.45) is 0 Å². The second-order valence-corrected chi connectivity index (χ2v) is 8.08. The number of nitrogens with zero attached hydrogens (tertiary/aromatic N) is 3. The van der Waals surface area contributed by atoms with Crippen molar-refractivity contribution in [3.63, 3.8) is 0 Å². The molecule has 2 amide bonds. The summed E-state index contributed by atoms with van der Waals surface area (Å²) >= 11 is 0. The number of amides is 2. The van der Waals surface area contributed by atoms with Gasteiger partial charge in [0.2, 0.25) is 0 Å². The van der Waals surface area contributed by atoms with Gasteiger partial charge in [-0.15, -0.1) is 0 Å². The molecular formula is C24H28FN3O5. The van der Waals surface area contributed by atoms with Gasteiger partial charge in [0, 0.05) is 37.4 Å². The van der Waals surface area contributed by atoms with Gasteiger partial charge in [-0.1, -0.05) is 6.07 Å². The predicted molar refractivity (Wildman–Crippen MR) is 120 cm³/mol. The fraction of sp³-hybridized carbons (Fsp3) is 0.417. The molecule has 2 saturated heterocycles. The number of ether oxygens (including phenoxy) is 3. The number of halogens is 1. The normalized spacial score (nSPS) is 16.8. The van der Waals surface area contributed by atoms with Gasteiger partial charge in [-0.2, -0.15) is 0 Å². The van der Waals surface area contributed by atoms with E-state index in [0.29, 0.717) is 36.1 Å². The van der Waals surface area contributed by atoms with E-state index in [4.69, 9.17) is 9.47 Å². The lowest BCUT2D eigenvalue weighted by atomic mass is 10.1. The van der Waals surface area contributed by atoms with Crippen LogP contribution in [-0.2, 0) is 16.0 Å². The minimum Gasteiger partial charge on any atom is -0.497 e. The monoisotopic (exact) mass is 457 g/mol. The number of methoxy groups -OCH3 is 2. The maximum Gasteiger partial charge on any atom is 0.337 e. The molecule has 2 fully saturated rings. The van der Waals surface area contributed by atoms with E-state index in [1.54, 1.807) is 41.2 Å². The van der Waals surface area contributed by atoms with Crippen LogP contribution in [0.15, 0.2) is 42.5 Å². The molecule has 2 heterocycles. The summed E-state index contributed by atoms with van der Waals surface area (Å²) in [5.74, 6) is -0.520. The molecule has 4 rings (SSSR count). The minimum absolute atomic E-state index is 0.0229. The molecule has 0 atom stereocenters. The number of anilines is 1. The van der Waals surface area contributed by atoms with E-state index < -0.39 is 11.8 Å². The Kier molecular flexibility index (Phi) is 7.10. The van der Waals surface area contributed by atoms with E-state index in [1.165, 1.54) is 19.2 Å². The highest BCUT2D eigenvalue weighted by atomic mass is 19.1. The van der Waals surface area contributed by atoms with Crippen LogP contribution in [-0.4, -0.2) is 81.5 Å². The van der Waals surface area contributed by atoms with E-state index in [9.17, 15) is 14.0 Å². The maximum absolute atomic E-state index is 14.8. The lowest BCUT2D eigenvalue weighted by Gasteiger charge is -2.43. The zero-order chi connectivity index (χ0) is 23.4. The quantitative estimate of drug-likeness (QED) is 0.622. The number of urea groups is 1. The van der Waals surface area contributed by atoms with Gasteiger partial charge >= 0.3 is 12.0 Å². The van der Waals surface area contributed by atoms with Crippen LogP contribution in [0.4, 0.5) is 14.9 Å². The molecule has 33 heavy (non-hydrogen) atoms. The number of esters is 1. The Morgan fingerprint density at radius 2 is 1.76 bits per heavy atom. The van der Waals surface area contributed by atoms with Gasteiger partial charge in [0.05, 0.1) is 45.6 Å². The lowest BCUT2D eigenvalue weighted by Crippen LogP contribution is -2.59. The van der Waals surface area contributed by atoms with Crippen molar-refractivity contribution in [2.75, 3.05) is 58.5 Å². The molecular weight excluding hydrogens is 429 g/mol. The maximum atomic E-state index is 14.8. The molecule has 2 aromatic rings. The first-order valence-electron chi connectivity index (χ1n) is 10.9. The second-order valence-electron chi connectivity index (χ2n) is 8.08. The number of carbonyl (C=O) groups excluding carboxylic acids is 2. The molecule has 2 aliphatic heterocycles. The van der Waals surface area contributed by atoms with Crippen molar-refractivity contribution in [3.05, 3.63) is 59.4 Å². The van der Waals surface area contributed by atoms with E-state index in [-0.39, 0.29) is 18.1 Å². The Morgan fingerprint density at radius 1 is 1.06 bits per heavy atom. The van der Waals surface area contributed by atoms with Crippen molar-refractivity contribution in [1.29, 1.82) is 0 Å². The Bertz CT molecular complexity index is 988. The predicted octanol–water partition coefficient (Wildman–Crippen LogP) is 2.76. The highest BCUT2D eigenvalue weighted by Gasteiger charge is 2.32. The molecule has 0 spiro atoms. The van der Waals surface area contributed by atoms with Gasteiger partial charge < -0.3 is 19.1 Å². The Labute approximate surface area is 192 Å². The molecule has 0 bridgehead atoms. The van der Waals surface area contributed by atoms with E-state index in [2.05, 4.69) is 9.64 Å². The summed E-state index contributed by atoms with van der Waals surface area (Å²) < 4.78 is 30.0. The summed E-state index contributed by atoms with van der Waals surface area (Å²) in [6.07, 6.45) is 0. The Morgan fingerprint density at radius 3 is 2.30 bits per heavy atom. The minimum atomic E-state index is -0.613. The third kappa shape index (κ3) is 5.09. The zero-order valence-electron chi connectivity index (χ0n) is 18.8. The van der Waals surface area contributed by atoms with Crippen molar-refractivity contribution in [1.82, 2.24) is 9.80 Å². The van der Waals surface area contributed by atoms with E-state index in [0.717, 1.165) is 32.4 Å². The lowest BCUT2D eigenvalue weighted by molar-refractivity contribution is -0.0738. The van der Waals surface area contributed by atoms with Crippen LogP contribution < -0.4 is 9.64 Å². The number of rotatable bonds is 6. The van der Waals surface area contributed by atoms with E-state index in [1.807, 2.05) is 0 Å². The smallest absolute Gasteiger partial charge is 0.337 e. The number of hydrogen-bond acceptors (Lipinski definition) is 6. The first kappa shape index (κ1) is 23.0. The summed E-state index contributed by atoms with van der Waals surface area (Å²) in [7, 11) is 2.82. The summed E-state index contributed by atoms with van der Waals surface area (Å²) in [6, 6.07) is 11.5. The van der Waals surface area contributed by atoms with Gasteiger partial charge in [0.15, 0.2) is 0 Å². The number of hydrogen-bond donors (Lipinski definition) is 0. The molecule has 9 heteroatoms. The van der Waals surface area contributed by atoms with Gasteiger partial charge in [0.1, 0.15) is 11.6 Å². The number of piperazine rings is 1. The van der Waals surface area contributed by atoms with Gasteiger partial charge in [-0.3, -0.25) is 9.80 Å². The van der Waals surface area contributed by atoms with Crippen molar-refractivity contribution >= 4 is 17.7 Å². The molecule has 8 nitrogen and oxygen atoms in total. The molecule has 0 aliphatic carbocycles. The van der Waals surface area contributed by atoms with Crippen LogP contribution >= 0.6 is 0 Å². The number of carbonyl (C=O) groups is 2. The molecule has 0 radical (unpaired) electrons. The fourth-order valence-corrected chi connectivity index (χ4v) is 4.01. The first-order chi connectivity index (χ1) is 16.0. The van der Waals surface area contributed by atoms with Crippen LogP contribution in [0.5, 0.6) is 5.75 Å². The third-order valence-electron chi connectivity index (χ3n) is 6.14. The van der Waals surface area contributed by atoms with Crippen molar-refractivity contribution in [2.45, 2.75) is 12.6 Å². The molecule has 0 N–H and O–H groups in total. The largest absolute Gasteiger partial charge is 0.497 e. The fourth-order valence-electron chi connectivity index (χ4n) is 4.01. The van der Waals surface area contributed by atoms with Gasteiger partial charge in [-0.25, -0.2) is 14.0 Å². The number of benzene rings is 2. The van der Waals surface area contributed by atoms with Crippen LogP contribution in [0.2, 0.25) is 0 Å². The Balaban J connectivity index is 1.54. The highest BCUT2D eigenvalue weighted by Crippen LogP contribution is 2.25. The highest BCUT2D eigenvalue weighted by molar-refractivity contribution is 5.92. The van der Waals surface area contributed by atoms with Crippen LogP contribution in [0.3, 0.4) is 0 Å². The molecule has 0 saturated carbocycles. The first-order valence-corrected chi connectivity index (χ1v) is 10.9. The zero-order valence-corrected chi connectivity index (χ0v) is 18.8. The van der Waals surface area contributed by atoms with Gasteiger partial charge in [0.25, 0.3) is 0 Å². The summed E-state index contributed by atoms with van der Waals surface area (Å²) in [5, 5.41) is 0. The van der Waals surface area contributed by atoms with Gasteiger partial charge in [-0.05, 0) is 36.4 Å². The molecule has 2 aromatic carbocycles. The van der Waals surface area contributed by atoms with Crippen molar-refractivity contribution < 1.29 is 28.2 Å². The standard InChI is InChI=1S/C24H28FN3O5/c1-31-21-7-5-19(6-8-21)28(14-18-4-3-17(13-22(18)25)23(29)32-2)24(30)27-11-9-26(10-12-27)20-15-33-16-20/h3-8,13,20H,9-12,14-16H2,1-2H3. The molecule has 176 valence electrons. The average Bonchev–Trinajstić information content (AvgIpc) is 2.82. The van der Waals surface area contributed by atoms with E-state index >= 15 is 0 Å². The third-order valence-corrected chi connectivity index (χ3v) is 6.14. The van der Waals surface area contributed by atoms with Crippen LogP contribution in [0.1, 0.15) is 15.9 Å². The van der Waals surface area contributed by atoms with Crippen molar-refractivity contribution in [3.8, 4) is 5.75 Å². The summed E-state index contributed by atoms with van der Waals surface area (Å²) in [6.45, 7) is 4.24.